The highest BCUT2D eigenvalue weighted by atomic mass is 35.5. The molecule has 52 valence electrons. The first kappa shape index (κ1) is 9.00. The summed E-state index contributed by atoms with van der Waals surface area (Å²) in [5.41, 5.74) is 0.833. The molecule has 0 saturated heterocycles. The largest absolute Gasteiger partial charge is 0.248 e. The Kier molecular flexibility index (Phi) is 4.36. The average Bonchev–Trinajstić information content (AvgIpc) is 1.91. The Labute approximate surface area is 66.9 Å². The smallest absolute Gasteiger partial charge is 0.113 e. The Balaban J connectivity index is 0.000000810. The SMILES string of the molecule is CC#Cc1ccccn1.Cl. The predicted molar refractivity (Wildman–Crippen MR) is 44.0 cm³/mol. The molecule has 1 nitrogen and oxygen atoms in total. The van der Waals surface area contributed by atoms with Crippen molar-refractivity contribution in [1.29, 1.82) is 0 Å². The third kappa shape index (κ3) is 2.52. The van der Waals surface area contributed by atoms with Crippen molar-refractivity contribution in [2.45, 2.75) is 6.92 Å². The normalized spacial score (nSPS) is 6.90. The van der Waals surface area contributed by atoms with Crippen molar-refractivity contribution >= 4 is 12.4 Å². The summed E-state index contributed by atoms with van der Waals surface area (Å²) in [4.78, 5) is 3.99. The van der Waals surface area contributed by atoms with Gasteiger partial charge in [0.05, 0.1) is 0 Å². The summed E-state index contributed by atoms with van der Waals surface area (Å²) in [5, 5.41) is 0. The standard InChI is InChI=1S/C8H7N.ClH/c1-2-5-8-6-3-4-7-9-8;/h3-4,6-7H,1H3;1H. The molecular formula is C8H8ClN. The summed E-state index contributed by atoms with van der Waals surface area (Å²) in [5.74, 6) is 5.62. The van der Waals surface area contributed by atoms with Crippen LogP contribution in [0, 0.1) is 11.8 Å². The summed E-state index contributed by atoms with van der Waals surface area (Å²) < 4.78 is 0. The van der Waals surface area contributed by atoms with Gasteiger partial charge >= 0.3 is 0 Å². The number of pyridine rings is 1. The molecular weight excluding hydrogens is 146 g/mol. The van der Waals surface area contributed by atoms with Gasteiger partial charge in [-0.25, -0.2) is 4.98 Å². The molecule has 0 aromatic carbocycles. The van der Waals surface area contributed by atoms with Crippen molar-refractivity contribution in [2.24, 2.45) is 0 Å². The molecule has 1 rings (SSSR count). The van der Waals surface area contributed by atoms with Crippen molar-refractivity contribution in [3.63, 3.8) is 0 Å². The second-order valence-electron chi connectivity index (χ2n) is 1.59. The predicted octanol–water partition coefficient (Wildman–Crippen LogP) is 1.87. The van der Waals surface area contributed by atoms with E-state index in [0.29, 0.717) is 0 Å². The van der Waals surface area contributed by atoms with Gasteiger partial charge in [-0.15, -0.1) is 12.4 Å². The van der Waals surface area contributed by atoms with Crippen LogP contribution in [0.5, 0.6) is 0 Å². The molecule has 10 heavy (non-hydrogen) atoms. The van der Waals surface area contributed by atoms with E-state index < -0.39 is 0 Å². The Hall–Kier alpha value is -1.00. The van der Waals surface area contributed by atoms with Gasteiger partial charge in [0.25, 0.3) is 0 Å². The maximum atomic E-state index is 3.99. The number of rotatable bonds is 0. The van der Waals surface area contributed by atoms with E-state index in [0.717, 1.165) is 5.69 Å². The molecule has 0 aliphatic heterocycles. The monoisotopic (exact) mass is 153 g/mol. The molecule has 0 fully saturated rings. The molecule has 0 aliphatic carbocycles. The van der Waals surface area contributed by atoms with Crippen LogP contribution in [0.3, 0.4) is 0 Å². The fourth-order valence-corrected chi connectivity index (χ4v) is 0.565. The van der Waals surface area contributed by atoms with Gasteiger partial charge in [0, 0.05) is 6.20 Å². The fourth-order valence-electron chi connectivity index (χ4n) is 0.565. The van der Waals surface area contributed by atoms with E-state index in [4.69, 9.17) is 0 Å². The second-order valence-corrected chi connectivity index (χ2v) is 1.59. The second kappa shape index (κ2) is 4.84. The molecule has 1 aromatic heterocycles. The van der Waals surface area contributed by atoms with Crippen LogP contribution in [0.2, 0.25) is 0 Å². The quantitative estimate of drug-likeness (QED) is 0.519. The molecule has 2 heteroatoms. The zero-order chi connectivity index (χ0) is 6.53. The van der Waals surface area contributed by atoms with Gasteiger partial charge in [-0.05, 0) is 25.0 Å². The van der Waals surface area contributed by atoms with E-state index >= 15 is 0 Å². The highest BCUT2D eigenvalue weighted by Crippen LogP contribution is 1.87. The maximum Gasteiger partial charge on any atom is 0.113 e. The number of nitrogens with zero attached hydrogens (tertiary/aromatic N) is 1. The van der Waals surface area contributed by atoms with Crippen LogP contribution in [0.1, 0.15) is 12.6 Å². The molecule has 1 aromatic rings. The van der Waals surface area contributed by atoms with Gasteiger partial charge in [-0.2, -0.15) is 0 Å². The lowest BCUT2D eigenvalue weighted by atomic mass is 10.3. The van der Waals surface area contributed by atoms with Crippen LogP contribution in [0.15, 0.2) is 24.4 Å². The van der Waals surface area contributed by atoms with Crippen molar-refractivity contribution in [1.82, 2.24) is 4.98 Å². The Morgan fingerprint density at radius 1 is 1.40 bits per heavy atom. The summed E-state index contributed by atoms with van der Waals surface area (Å²) in [6.07, 6.45) is 1.74. The highest BCUT2D eigenvalue weighted by Gasteiger charge is 1.79. The Morgan fingerprint density at radius 3 is 2.70 bits per heavy atom. The van der Waals surface area contributed by atoms with Crippen molar-refractivity contribution < 1.29 is 0 Å². The molecule has 0 bridgehead atoms. The summed E-state index contributed by atoms with van der Waals surface area (Å²) in [6, 6.07) is 5.68. The van der Waals surface area contributed by atoms with E-state index in [1.165, 1.54) is 0 Å². The van der Waals surface area contributed by atoms with Gasteiger partial charge in [0.15, 0.2) is 0 Å². The molecule has 0 unspecified atom stereocenters. The van der Waals surface area contributed by atoms with Crippen LogP contribution in [0.4, 0.5) is 0 Å². The molecule has 0 amide bonds. The zero-order valence-corrected chi connectivity index (χ0v) is 6.48. The number of hydrogen-bond acceptors (Lipinski definition) is 1. The van der Waals surface area contributed by atoms with E-state index in [1.54, 1.807) is 13.1 Å². The molecule has 0 aliphatic rings. The van der Waals surface area contributed by atoms with Crippen LogP contribution >= 0.6 is 12.4 Å². The van der Waals surface area contributed by atoms with E-state index in [1.807, 2.05) is 18.2 Å². The third-order valence-corrected chi connectivity index (χ3v) is 0.918. The molecule has 0 spiro atoms. The van der Waals surface area contributed by atoms with Gasteiger partial charge < -0.3 is 0 Å². The first-order valence-corrected chi connectivity index (χ1v) is 2.77. The molecule has 0 N–H and O–H groups in total. The first-order chi connectivity index (χ1) is 4.43. The van der Waals surface area contributed by atoms with Gasteiger partial charge in [0.1, 0.15) is 5.69 Å². The number of hydrogen-bond donors (Lipinski definition) is 0. The lowest BCUT2D eigenvalue weighted by Crippen LogP contribution is -1.76. The van der Waals surface area contributed by atoms with Crippen molar-refractivity contribution in [3.05, 3.63) is 30.1 Å². The van der Waals surface area contributed by atoms with Crippen molar-refractivity contribution in [3.8, 4) is 11.8 Å². The number of aromatic nitrogens is 1. The lowest BCUT2D eigenvalue weighted by molar-refractivity contribution is 1.29. The van der Waals surface area contributed by atoms with Crippen LogP contribution in [-0.4, -0.2) is 4.98 Å². The van der Waals surface area contributed by atoms with E-state index in [2.05, 4.69) is 16.8 Å². The summed E-state index contributed by atoms with van der Waals surface area (Å²) in [6.45, 7) is 1.80. The van der Waals surface area contributed by atoms with Gasteiger partial charge in [-0.1, -0.05) is 12.0 Å². The van der Waals surface area contributed by atoms with Crippen LogP contribution in [-0.2, 0) is 0 Å². The number of halogens is 1. The molecule has 1 heterocycles. The molecule has 0 saturated carbocycles. The average molecular weight is 154 g/mol. The minimum absolute atomic E-state index is 0. The minimum atomic E-state index is 0. The van der Waals surface area contributed by atoms with Crippen molar-refractivity contribution in [2.75, 3.05) is 0 Å². The van der Waals surface area contributed by atoms with E-state index in [-0.39, 0.29) is 12.4 Å². The van der Waals surface area contributed by atoms with Gasteiger partial charge in [0.2, 0.25) is 0 Å². The zero-order valence-electron chi connectivity index (χ0n) is 5.66. The minimum Gasteiger partial charge on any atom is -0.248 e. The maximum absolute atomic E-state index is 3.99. The van der Waals surface area contributed by atoms with Gasteiger partial charge in [-0.3, -0.25) is 0 Å². The lowest BCUT2D eigenvalue weighted by Gasteiger charge is -1.82. The van der Waals surface area contributed by atoms with Crippen LogP contribution < -0.4 is 0 Å². The summed E-state index contributed by atoms with van der Waals surface area (Å²) >= 11 is 0. The third-order valence-electron chi connectivity index (χ3n) is 0.918. The highest BCUT2D eigenvalue weighted by molar-refractivity contribution is 5.85. The topological polar surface area (TPSA) is 12.9 Å². The van der Waals surface area contributed by atoms with E-state index in [9.17, 15) is 0 Å². The Morgan fingerprint density at radius 2 is 2.20 bits per heavy atom. The fraction of sp³-hybridized carbons (Fsp3) is 0.125. The molecule has 0 atom stereocenters. The summed E-state index contributed by atoms with van der Waals surface area (Å²) in [7, 11) is 0. The molecule has 0 radical (unpaired) electrons. The first-order valence-electron chi connectivity index (χ1n) is 2.77. The van der Waals surface area contributed by atoms with Crippen LogP contribution in [0.25, 0.3) is 0 Å². The Bertz CT molecular complexity index is 232.